The van der Waals surface area contributed by atoms with Crippen molar-refractivity contribution in [2.45, 2.75) is 13.8 Å². The fourth-order valence-electron chi connectivity index (χ4n) is 2.07. The molecule has 0 atom stereocenters. The normalized spacial score (nSPS) is 10.5. The minimum Gasteiger partial charge on any atom is -0.491 e. The summed E-state index contributed by atoms with van der Waals surface area (Å²) in [6.45, 7) is 4.63. The average Bonchev–Trinajstić information content (AvgIpc) is 2.64. The number of carbonyl (C=O) groups is 2. The van der Waals surface area contributed by atoms with Crippen molar-refractivity contribution in [3.05, 3.63) is 54.1 Å². The molecule has 0 aromatic heterocycles. The molecule has 0 spiro atoms. The van der Waals surface area contributed by atoms with E-state index in [9.17, 15) is 9.59 Å². The van der Waals surface area contributed by atoms with Crippen LogP contribution in [-0.4, -0.2) is 32.1 Å². The molecule has 2 aromatic carbocycles. The van der Waals surface area contributed by atoms with E-state index in [-0.39, 0.29) is 17.7 Å². The third-order valence-corrected chi connectivity index (χ3v) is 3.61. The van der Waals surface area contributed by atoms with Gasteiger partial charge in [0.25, 0.3) is 5.91 Å². The van der Waals surface area contributed by atoms with Crippen LogP contribution in [0.25, 0.3) is 0 Å². The van der Waals surface area contributed by atoms with Gasteiger partial charge in [0.2, 0.25) is 5.91 Å². The lowest BCUT2D eigenvalue weighted by Crippen LogP contribution is -2.17. The number of hydrogen-bond donors (Lipinski definition) is 2. The van der Waals surface area contributed by atoms with Gasteiger partial charge in [-0.15, -0.1) is 0 Å². The van der Waals surface area contributed by atoms with Crippen molar-refractivity contribution in [3.63, 3.8) is 0 Å². The third-order valence-electron chi connectivity index (χ3n) is 3.61. The summed E-state index contributed by atoms with van der Waals surface area (Å²) < 4.78 is 10.4. The predicted octanol–water partition coefficient (Wildman–Crippen LogP) is 3.56. The van der Waals surface area contributed by atoms with E-state index in [1.807, 2.05) is 13.8 Å². The van der Waals surface area contributed by atoms with Gasteiger partial charge in [-0.3, -0.25) is 9.59 Å². The van der Waals surface area contributed by atoms with Gasteiger partial charge < -0.3 is 20.1 Å². The van der Waals surface area contributed by atoms with Crippen molar-refractivity contribution in [1.82, 2.24) is 0 Å². The number of nitrogens with one attached hydrogen (secondary N) is 2. The first-order valence-corrected chi connectivity index (χ1v) is 8.43. The van der Waals surface area contributed by atoms with Crippen LogP contribution in [0, 0.1) is 5.92 Å². The second-order valence-electron chi connectivity index (χ2n) is 6.04. The van der Waals surface area contributed by atoms with Crippen LogP contribution in [0.4, 0.5) is 11.4 Å². The highest BCUT2D eigenvalue weighted by Crippen LogP contribution is 2.17. The molecule has 0 aliphatic carbocycles. The molecule has 2 N–H and O–H groups in total. The molecule has 0 bridgehead atoms. The first-order valence-electron chi connectivity index (χ1n) is 8.43. The van der Waals surface area contributed by atoms with E-state index in [4.69, 9.17) is 9.47 Å². The average molecular weight is 356 g/mol. The molecule has 0 fully saturated rings. The van der Waals surface area contributed by atoms with Crippen LogP contribution >= 0.6 is 0 Å². The summed E-state index contributed by atoms with van der Waals surface area (Å²) in [5.74, 6) is 0.335. The lowest BCUT2D eigenvalue weighted by atomic mass is 10.2. The Labute approximate surface area is 153 Å². The smallest absolute Gasteiger partial charge is 0.255 e. The van der Waals surface area contributed by atoms with Crippen LogP contribution in [0.1, 0.15) is 24.2 Å². The van der Waals surface area contributed by atoms with Crippen molar-refractivity contribution in [2.75, 3.05) is 31.0 Å². The Hall–Kier alpha value is -2.86. The standard InChI is InChI=1S/C20H24N2O4/c1-14(2)19(23)21-16-6-8-17(9-7-16)22-20(24)15-4-10-18(11-5-15)26-13-12-25-3/h4-11,14H,12-13H2,1-3H3,(H,21,23)(H,22,24). The highest BCUT2D eigenvalue weighted by Gasteiger charge is 2.09. The van der Waals surface area contributed by atoms with E-state index in [1.54, 1.807) is 55.6 Å². The summed E-state index contributed by atoms with van der Waals surface area (Å²) in [6.07, 6.45) is 0. The van der Waals surface area contributed by atoms with Crippen LogP contribution in [-0.2, 0) is 9.53 Å². The topological polar surface area (TPSA) is 76.7 Å². The van der Waals surface area contributed by atoms with Crippen molar-refractivity contribution < 1.29 is 19.1 Å². The number of anilines is 2. The van der Waals surface area contributed by atoms with Crippen LogP contribution in [0.3, 0.4) is 0 Å². The first-order chi connectivity index (χ1) is 12.5. The molecule has 2 aromatic rings. The maximum absolute atomic E-state index is 12.3. The van der Waals surface area contributed by atoms with Gasteiger partial charge in [0.1, 0.15) is 12.4 Å². The molecule has 6 nitrogen and oxygen atoms in total. The molecule has 138 valence electrons. The summed E-state index contributed by atoms with van der Waals surface area (Å²) in [4.78, 5) is 24.0. The number of ether oxygens (including phenoxy) is 2. The van der Waals surface area contributed by atoms with Crippen LogP contribution in [0.5, 0.6) is 5.75 Å². The zero-order valence-corrected chi connectivity index (χ0v) is 15.2. The van der Waals surface area contributed by atoms with Gasteiger partial charge in [0.15, 0.2) is 0 Å². The van der Waals surface area contributed by atoms with Crippen molar-refractivity contribution in [3.8, 4) is 5.75 Å². The maximum Gasteiger partial charge on any atom is 0.255 e. The van der Waals surface area contributed by atoms with Gasteiger partial charge >= 0.3 is 0 Å². The number of carbonyl (C=O) groups excluding carboxylic acids is 2. The SMILES string of the molecule is COCCOc1ccc(C(=O)Nc2ccc(NC(=O)C(C)C)cc2)cc1. The number of methoxy groups -OCH3 is 1. The number of amides is 2. The maximum atomic E-state index is 12.3. The minimum absolute atomic E-state index is 0.0467. The molecule has 2 amide bonds. The predicted molar refractivity (Wildman–Crippen MR) is 102 cm³/mol. The summed E-state index contributed by atoms with van der Waals surface area (Å²) in [5.41, 5.74) is 1.87. The molecule has 6 heteroatoms. The third kappa shape index (κ3) is 5.89. The number of benzene rings is 2. The second kappa shape index (κ2) is 9.58. The summed E-state index contributed by atoms with van der Waals surface area (Å²) in [6, 6.07) is 13.9. The molecule has 0 aliphatic heterocycles. The summed E-state index contributed by atoms with van der Waals surface area (Å²) in [5, 5.41) is 5.63. The molecular formula is C20H24N2O4. The monoisotopic (exact) mass is 356 g/mol. The lowest BCUT2D eigenvalue weighted by Gasteiger charge is -2.10. The lowest BCUT2D eigenvalue weighted by molar-refractivity contribution is -0.118. The summed E-state index contributed by atoms with van der Waals surface area (Å²) >= 11 is 0. The zero-order valence-electron chi connectivity index (χ0n) is 15.2. The highest BCUT2D eigenvalue weighted by atomic mass is 16.5. The van der Waals surface area contributed by atoms with E-state index in [2.05, 4.69) is 10.6 Å². The van der Waals surface area contributed by atoms with Crippen molar-refractivity contribution in [1.29, 1.82) is 0 Å². The molecule has 0 unspecified atom stereocenters. The van der Waals surface area contributed by atoms with E-state index in [0.29, 0.717) is 35.9 Å². The Kier molecular flexibility index (Phi) is 7.17. The van der Waals surface area contributed by atoms with E-state index in [1.165, 1.54) is 0 Å². The molecule has 26 heavy (non-hydrogen) atoms. The molecule has 0 radical (unpaired) electrons. The van der Waals surface area contributed by atoms with Crippen molar-refractivity contribution >= 4 is 23.2 Å². The Morgan fingerprint density at radius 2 is 1.46 bits per heavy atom. The van der Waals surface area contributed by atoms with E-state index < -0.39 is 0 Å². The number of rotatable bonds is 8. The highest BCUT2D eigenvalue weighted by molar-refractivity contribution is 6.04. The summed E-state index contributed by atoms with van der Waals surface area (Å²) in [7, 11) is 1.61. The molecule has 2 rings (SSSR count). The Morgan fingerprint density at radius 1 is 0.885 bits per heavy atom. The quantitative estimate of drug-likeness (QED) is 0.709. The van der Waals surface area contributed by atoms with E-state index in [0.717, 1.165) is 0 Å². The van der Waals surface area contributed by atoms with Gasteiger partial charge in [0, 0.05) is 30.0 Å². The van der Waals surface area contributed by atoms with Gasteiger partial charge in [-0.2, -0.15) is 0 Å². The van der Waals surface area contributed by atoms with Crippen molar-refractivity contribution in [2.24, 2.45) is 5.92 Å². The molecule has 0 saturated heterocycles. The van der Waals surface area contributed by atoms with E-state index >= 15 is 0 Å². The molecule has 0 saturated carbocycles. The first kappa shape index (κ1) is 19.5. The molecular weight excluding hydrogens is 332 g/mol. The molecule has 0 aliphatic rings. The van der Waals surface area contributed by atoms with Crippen LogP contribution < -0.4 is 15.4 Å². The van der Waals surface area contributed by atoms with Crippen LogP contribution in [0.2, 0.25) is 0 Å². The molecule has 0 heterocycles. The largest absolute Gasteiger partial charge is 0.491 e. The van der Waals surface area contributed by atoms with Gasteiger partial charge in [0.05, 0.1) is 6.61 Å². The van der Waals surface area contributed by atoms with Crippen LogP contribution in [0.15, 0.2) is 48.5 Å². The number of hydrogen-bond acceptors (Lipinski definition) is 4. The Bertz CT molecular complexity index is 724. The Morgan fingerprint density at radius 3 is 2.00 bits per heavy atom. The fraction of sp³-hybridized carbons (Fsp3) is 0.300. The second-order valence-corrected chi connectivity index (χ2v) is 6.04. The van der Waals surface area contributed by atoms with Gasteiger partial charge in [-0.05, 0) is 48.5 Å². The zero-order chi connectivity index (χ0) is 18.9. The van der Waals surface area contributed by atoms with Gasteiger partial charge in [-0.25, -0.2) is 0 Å². The Balaban J connectivity index is 1.91. The minimum atomic E-state index is -0.215. The van der Waals surface area contributed by atoms with Gasteiger partial charge in [-0.1, -0.05) is 13.8 Å². The fourth-order valence-corrected chi connectivity index (χ4v) is 2.07.